The summed E-state index contributed by atoms with van der Waals surface area (Å²) in [7, 11) is 3.07. The van der Waals surface area contributed by atoms with E-state index in [1.54, 1.807) is 31.3 Å². The lowest BCUT2D eigenvalue weighted by Crippen LogP contribution is -2.37. The second-order valence-corrected chi connectivity index (χ2v) is 5.23. The third-order valence-corrected chi connectivity index (χ3v) is 3.52. The summed E-state index contributed by atoms with van der Waals surface area (Å²) in [5, 5.41) is 10.7. The van der Waals surface area contributed by atoms with Crippen LogP contribution in [-0.4, -0.2) is 34.5 Å². The number of para-hydroxylation sites is 1. The van der Waals surface area contributed by atoms with E-state index in [0.717, 1.165) is 6.07 Å². The molecule has 1 aromatic carbocycles. The minimum absolute atomic E-state index is 0.00344. The lowest BCUT2D eigenvalue weighted by atomic mass is 10.2. The Hall–Kier alpha value is -3.16. The Morgan fingerprint density at radius 3 is 2.46 bits per heavy atom. The maximum atomic E-state index is 12.3. The zero-order valence-electron chi connectivity index (χ0n) is 13.5. The van der Waals surface area contributed by atoms with Gasteiger partial charge in [0, 0.05) is 25.8 Å². The molecule has 2 aromatic rings. The molecule has 24 heavy (non-hydrogen) atoms. The largest absolute Gasteiger partial charge is 0.448 e. The average Bonchev–Trinajstić information content (AvgIpc) is 2.96. The number of carbonyl (C=O) groups excluding carboxylic acids is 2. The number of benzene rings is 1. The van der Waals surface area contributed by atoms with Crippen molar-refractivity contribution in [3.63, 3.8) is 0 Å². The molecule has 0 fully saturated rings. The van der Waals surface area contributed by atoms with Crippen LogP contribution in [0, 0.1) is 10.1 Å². The van der Waals surface area contributed by atoms with Crippen LogP contribution in [0.4, 0.5) is 11.4 Å². The van der Waals surface area contributed by atoms with Crippen molar-refractivity contribution < 1.29 is 19.2 Å². The summed E-state index contributed by atoms with van der Waals surface area (Å²) in [4.78, 5) is 36.0. The van der Waals surface area contributed by atoms with Gasteiger partial charge in [0.1, 0.15) is 5.69 Å². The van der Waals surface area contributed by atoms with E-state index in [2.05, 4.69) is 0 Å². The molecule has 0 saturated carbocycles. The van der Waals surface area contributed by atoms with E-state index in [1.165, 1.54) is 29.6 Å². The summed E-state index contributed by atoms with van der Waals surface area (Å²) >= 11 is 0. The smallest absolute Gasteiger partial charge is 0.355 e. The van der Waals surface area contributed by atoms with Gasteiger partial charge in [-0.25, -0.2) is 4.79 Å². The van der Waals surface area contributed by atoms with Crippen LogP contribution in [-0.2, 0) is 16.6 Å². The van der Waals surface area contributed by atoms with Crippen LogP contribution in [0.2, 0.25) is 0 Å². The number of likely N-dealkylation sites (N-methyl/N-ethyl adjacent to an activating group) is 1. The fraction of sp³-hybridized carbons (Fsp3) is 0.250. The lowest BCUT2D eigenvalue weighted by molar-refractivity contribution is -0.384. The van der Waals surface area contributed by atoms with Crippen molar-refractivity contribution in [1.29, 1.82) is 0 Å². The summed E-state index contributed by atoms with van der Waals surface area (Å²) in [6.45, 7) is 1.46. The molecule has 1 atom stereocenters. The van der Waals surface area contributed by atoms with Crippen LogP contribution in [0.5, 0.6) is 0 Å². The Bertz CT molecular complexity index is 769. The summed E-state index contributed by atoms with van der Waals surface area (Å²) < 4.78 is 6.43. The first-order valence-corrected chi connectivity index (χ1v) is 7.15. The van der Waals surface area contributed by atoms with Gasteiger partial charge in [0.2, 0.25) is 0 Å². The van der Waals surface area contributed by atoms with E-state index in [9.17, 15) is 19.7 Å². The fourth-order valence-electron chi connectivity index (χ4n) is 2.17. The standard InChI is InChI=1S/C16H17N3O5/c1-11(15(20)18(3)12-7-5-4-6-8-12)24-16(21)14-9-13(19(22)23)10-17(14)2/h4-11H,1-3H3. The zero-order valence-corrected chi connectivity index (χ0v) is 13.5. The molecule has 0 bridgehead atoms. The third-order valence-electron chi connectivity index (χ3n) is 3.52. The quantitative estimate of drug-likeness (QED) is 0.475. The van der Waals surface area contributed by atoms with Crippen LogP contribution in [0.1, 0.15) is 17.4 Å². The molecule has 126 valence electrons. The maximum absolute atomic E-state index is 12.3. The highest BCUT2D eigenvalue weighted by Crippen LogP contribution is 2.18. The van der Waals surface area contributed by atoms with Gasteiger partial charge in [-0.05, 0) is 19.1 Å². The van der Waals surface area contributed by atoms with Crippen molar-refractivity contribution in [3.05, 3.63) is 58.4 Å². The Kier molecular flexibility index (Phi) is 4.98. The number of ether oxygens (including phenoxy) is 1. The molecule has 1 amide bonds. The lowest BCUT2D eigenvalue weighted by Gasteiger charge is -2.21. The van der Waals surface area contributed by atoms with Gasteiger partial charge >= 0.3 is 5.97 Å². The number of rotatable bonds is 5. The Morgan fingerprint density at radius 1 is 1.29 bits per heavy atom. The highest BCUT2D eigenvalue weighted by molar-refractivity contribution is 5.98. The van der Waals surface area contributed by atoms with E-state index < -0.39 is 22.9 Å². The minimum Gasteiger partial charge on any atom is -0.448 e. The summed E-state index contributed by atoms with van der Waals surface area (Å²) in [6, 6.07) is 10.0. The first kappa shape index (κ1) is 17.2. The van der Waals surface area contributed by atoms with Gasteiger partial charge in [-0.15, -0.1) is 0 Å². The Morgan fingerprint density at radius 2 is 1.92 bits per heavy atom. The predicted octanol–water partition coefficient (Wildman–Crippen LogP) is 2.14. The molecule has 1 heterocycles. The van der Waals surface area contributed by atoms with E-state index >= 15 is 0 Å². The first-order chi connectivity index (χ1) is 11.3. The second kappa shape index (κ2) is 6.95. The molecule has 0 spiro atoms. The molecule has 2 rings (SSSR count). The molecule has 1 unspecified atom stereocenters. The molecule has 8 heteroatoms. The van der Waals surface area contributed by atoms with Gasteiger partial charge in [0.05, 0.1) is 11.1 Å². The highest BCUT2D eigenvalue weighted by Gasteiger charge is 2.25. The number of hydrogen-bond acceptors (Lipinski definition) is 5. The molecule has 0 aliphatic carbocycles. The van der Waals surface area contributed by atoms with Gasteiger partial charge in [-0.1, -0.05) is 18.2 Å². The van der Waals surface area contributed by atoms with E-state index in [1.807, 2.05) is 6.07 Å². The van der Waals surface area contributed by atoms with Gasteiger partial charge in [0.25, 0.3) is 11.6 Å². The van der Waals surface area contributed by atoms with E-state index in [-0.39, 0.29) is 11.4 Å². The topological polar surface area (TPSA) is 94.7 Å². The highest BCUT2D eigenvalue weighted by atomic mass is 16.6. The number of esters is 1. The number of carbonyl (C=O) groups is 2. The normalized spacial score (nSPS) is 11.6. The number of nitro groups is 1. The van der Waals surface area contributed by atoms with Crippen molar-refractivity contribution in [2.75, 3.05) is 11.9 Å². The number of aryl methyl sites for hydroxylation is 1. The van der Waals surface area contributed by atoms with Crippen LogP contribution >= 0.6 is 0 Å². The summed E-state index contributed by atoms with van der Waals surface area (Å²) in [6.07, 6.45) is 0.177. The molecular formula is C16H17N3O5. The van der Waals surface area contributed by atoms with E-state index in [0.29, 0.717) is 5.69 Å². The second-order valence-electron chi connectivity index (χ2n) is 5.23. The predicted molar refractivity (Wildman–Crippen MR) is 86.8 cm³/mol. The van der Waals surface area contributed by atoms with Crippen molar-refractivity contribution >= 4 is 23.3 Å². The van der Waals surface area contributed by atoms with Crippen LogP contribution in [0.15, 0.2) is 42.6 Å². The Labute approximate surface area is 138 Å². The van der Waals surface area contributed by atoms with Crippen LogP contribution < -0.4 is 4.90 Å². The molecule has 0 radical (unpaired) electrons. The monoisotopic (exact) mass is 331 g/mol. The molecule has 0 saturated heterocycles. The van der Waals surface area contributed by atoms with Gasteiger partial charge in [0.15, 0.2) is 6.10 Å². The number of nitrogens with zero attached hydrogens (tertiary/aromatic N) is 3. The fourth-order valence-corrected chi connectivity index (χ4v) is 2.17. The summed E-state index contributed by atoms with van der Waals surface area (Å²) in [5.41, 5.74) is 0.452. The zero-order chi connectivity index (χ0) is 17.9. The molecule has 0 N–H and O–H groups in total. The van der Waals surface area contributed by atoms with Crippen LogP contribution in [0.25, 0.3) is 0 Å². The van der Waals surface area contributed by atoms with Gasteiger partial charge in [-0.2, -0.15) is 0 Å². The number of aromatic nitrogens is 1. The number of amides is 1. The van der Waals surface area contributed by atoms with Crippen molar-refractivity contribution in [2.24, 2.45) is 7.05 Å². The molecule has 0 aliphatic heterocycles. The first-order valence-electron chi connectivity index (χ1n) is 7.15. The van der Waals surface area contributed by atoms with Crippen molar-refractivity contribution in [3.8, 4) is 0 Å². The number of hydrogen-bond donors (Lipinski definition) is 0. The molecule has 1 aromatic heterocycles. The van der Waals surface area contributed by atoms with Crippen molar-refractivity contribution in [1.82, 2.24) is 4.57 Å². The number of anilines is 1. The van der Waals surface area contributed by atoms with Crippen molar-refractivity contribution in [2.45, 2.75) is 13.0 Å². The van der Waals surface area contributed by atoms with Gasteiger partial charge < -0.3 is 14.2 Å². The van der Waals surface area contributed by atoms with E-state index in [4.69, 9.17) is 4.74 Å². The average molecular weight is 331 g/mol. The minimum atomic E-state index is -1.03. The molecule has 0 aliphatic rings. The third kappa shape index (κ3) is 3.60. The van der Waals surface area contributed by atoms with Gasteiger partial charge in [-0.3, -0.25) is 14.9 Å². The summed E-state index contributed by atoms with van der Waals surface area (Å²) in [5.74, 6) is -1.20. The van der Waals surface area contributed by atoms with Crippen LogP contribution in [0.3, 0.4) is 0 Å². The Balaban J connectivity index is 2.08. The SMILES string of the molecule is CC(OC(=O)c1cc([N+](=O)[O-])cn1C)C(=O)N(C)c1ccccc1. The maximum Gasteiger partial charge on any atom is 0.355 e. The molecule has 8 nitrogen and oxygen atoms in total. The molecular weight excluding hydrogens is 314 g/mol.